The molecule has 0 unspecified atom stereocenters. The fourth-order valence-electron chi connectivity index (χ4n) is 1.34. The molecular formula is C12H19NO. The molecule has 0 heterocycles. The highest BCUT2D eigenvalue weighted by Crippen LogP contribution is 2.17. The maximum atomic E-state index is 9.17. The molecule has 0 aromatic heterocycles. The van der Waals surface area contributed by atoms with Crippen molar-refractivity contribution in [2.45, 2.75) is 27.4 Å². The standard InChI is InChI=1S/C12H19NO/c1-9(2)7-13-12-5-4-10(3)6-11(12)8-14/h4-6,9,13-14H,7-8H2,1-3H3. The van der Waals surface area contributed by atoms with E-state index in [0.29, 0.717) is 5.92 Å². The lowest BCUT2D eigenvalue weighted by Gasteiger charge is -2.12. The zero-order valence-corrected chi connectivity index (χ0v) is 9.17. The number of aliphatic hydroxyl groups excluding tert-OH is 1. The van der Waals surface area contributed by atoms with Gasteiger partial charge in [0.05, 0.1) is 6.61 Å². The minimum atomic E-state index is 0.0993. The molecule has 0 radical (unpaired) electrons. The predicted octanol–water partition coefficient (Wildman–Crippen LogP) is 2.56. The van der Waals surface area contributed by atoms with E-state index in [1.807, 2.05) is 19.1 Å². The summed E-state index contributed by atoms with van der Waals surface area (Å²) in [6.07, 6.45) is 0. The van der Waals surface area contributed by atoms with Gasteiger partial charge in [-0.2, -0.15) is 0 Å². The van der Waals surface area contributed by atoms with Gasteiger partial charge in [-0.05, 0) is 18.9 Å². The Labute approximate surface area is 86.0 Å². The number of hydrogen-bond acceptors (Lipinski definition) is 2. The van der Waals surface area contributed by atoms with Crippen LogP contribution in [-0.4, -0.2) is 11.7 Å². The Morgan fingerprint density at radius 3 is 2.64 bits per heavy atom. The minimum Gasteiger partial charge on any atom is -0.392 e. The Morgan fingerprint density at radius 2 is 2.07 bits per heavy atom. The van der Waals surface area contributed by atoms with E-state index in [2.05, 4.69) is 25.2 Å². The van der Waals surface area contributed by atoms with Crippen LogP contribution in [0.1, 0.15) is 25.0 Å². The molecule has 1 aromatic rings. The largest absolute Gasteiger partial charge is 0.392 e. The van der Waals surface area contributed by atoms with Gasteiger partial charge in [0.1, 0.15) is 0 Å². The Bertz CT molecular complexity index is 294. The Hall–Kier alpha value is -1.02. The lowest BCUT2D eigenvalue weighted by molar-refractivity contribution is 0.282. The third-order valence-corrected chi connectivity index (χ3v) is 2.13. The van der Waals surface area contributed by atoms with Gasteiger partial charge in [0.15, 0.2) is 0 Å². The molecule has 0 fully saturated rings. The topological polar surface area (TPSA) is 32.3 Å². The first-order valence-corrected chi connectivity index (χ1v) is 5.07. The maximum Gasteiger partial charge on any atom is 0.0702 e. The third kappa shape index (κ3) is 3.04. The van der Waals surface area contributed by atoms with Crippen molar-refractivity contribution in [3.8, 4) is 0 Å². The van der Waals surface area contributed by atoms with Crippen LogP contribution in [0.3, 0.4) is 0 Å². The second-order valence-corrected chi connectivity index (χ2v) is 4.09. The van der Waals surface area contributed by atoms with Crippen molar-refractivity contribution in [2.75, 3.05) is 11.9 Å². The van der Waals surface area contributed by atoms with Gasteiger partial charge in [0.25, 0.3) is 0 Å². The maximum absolute atomic E-state index is 9.17. The molecule has 14 heavy (non-hydrogen) atoms. The van der Waals surface area contributed by atoms with Crippen molar-refractivity contribution in [2.24, 2.45) is 5.92 Å². The van der Waals surface area contributed by atoms with Crippen LogP contribution in [0.25, 0.3) is 0 Å². The molecule has 2 nitrogen and oxygen atoms in total. The van der Waals surface area contributed by atoms with Gasteiger partial charge in [-0.25, -0.2) is 0 Å². The van der Waals surface area contributed by atoms with E-state index in [9.17, 15) is 0 Å². The van der Waals surface area contributed by atoms with Crippen LogP contribution in [0.2, 0.25) is 0 Å². The van der Waals surface area contributed by atoms with E-state index in [1.54, 1.807) is 0 Å². The van der Waals surface area contributed by atoms with Crippen LogP contribution in [0.15, 0.2) is 18.2 Å². The summed E-state index contributed by atoms with van der Waals surface area (Å²) in [4.78, 5) is 0. The summed E-state index contributed by atoms with van der Waals surface area (Å²) in [7, 11) is 0. The summed E-state index contributed by atoms with van der Waals surface area (Å²) in [6, 6.07) is 6.10. The number of benzene rings is 1. The van der Waals surface area contributed by atoms with Crippen molar-refractivity contribution in [3.63, 3.8) is 0 Å². The van der Waals surface area contributed by atoms with Crippen molar-refractivity contribution in [3.05, 3.63) is 29.3 Å². The van der Waals surface area contributed by atoms with Crippen LogP contribution in [-0.2, 0) is 6.61 Å². The lowest BCUT2D eigenvalue weighted by Crippen LogP contribution is -2.09. The molecule has 0 saturated carbocycles. The van der Waals surface area contributed by atoms with E-state index >= 15 is 0 Å². The second kappa shape index (κ2) is 5.01. The van der Waals surface area contributed by atoms with Gasteiger partial charge in [-0.3, -0.25) is 0 Å². The molecule has 0 aliphatic rings. The first-order chi connectivity index (χ1) is 6.63. The zero-order chi connectivity index (χ0) is 10.6. The smallest absolute Gasteiger partial charge is 0.0702 e. The van der Waals surface area contributed by atoms with E-state index in [-0.39, 0.29) is 6.61 Å². The van der Waals surface area contributed by atoms with E-state index in [4.69, 9.17) is 5.11 Å². The molecule has 0 bridgehead atoms. The fraction of sp³-hybridized carbons (Fsp3) is 0.500. The van der Waals surface area contributed by atoms with Gasteiger partial charge in [0, 0.05) is 17.8 Å². The second-order valence-electron chi connectivity index (χ2n) is 4.09. The third-order valence-electron chi connectivity index (χ3n) is 2.13. The van der Waals surface area contributed by atoms with Crippen molar-refractivity contribution in [1.82, 2.24) is 0 Å². The van der Waals surface area contributed by atoms with Crippen LogP contribution >= 0.6 is 0 Å². The molecule has 0 aliphatic heterocycles. The van der Waals surface area contributed by atoms with Gasteiger partial charge in [0.2, 0.25) is 0 Å². The average molecular weight is 193 g/mol. The van der Waals surface area contributed by atoms with Crippen LogP contribution in [0.5, 0.6) is 0 Å². The highest BCUT2D eigenvalue weighted by Gasteiger charge is 2.01. The summed E-state index contributed by atoms with van der Waals surface area (Å²) < 4.78 is 0. The Kier molecular flexibility index (Phi) is 3.96. The van der Waals surface area contributed by atoms with Crippen LogP contribution in [0.4, 0.5) is 5.69 Å². The minimum absolute atomic E-state index is 0.0993. The normalized spacial score (nSPS) is 10.6. The van der Waals surface area contributed by atoms with Crippen LogP contribution < -0.4 is 5.32 Å². The molecule has 2 heteroatoms. The Balaban J connectivity index is 2.75. The van der Waals surface area contributed by atoms with Crippen molar-refractivity contribution in [1.29, 1.82) is 0 Å². The van der Waals surface area contributed by atoms with E-state index < -0.39 is 0 Å². The van der Waals surface area contributed by atoms with Crippen molar-refractivity contribution < 1.29 is 5.11 Å². The molecule has 0 saturated heterocycles. The first kappa shape index (κ1) is 11.1. The number of rotatable bonds is 4. The summed E-state index contributed by atoms with van der Waals surface area (Å²) in [6.45, 7) is 7.41. The lowest BCUT2D eigenvalue weighted by atomic mass is 10.1. The summed E-state index contributed by atoms with van der Waals surface area (Å²) in [5, 5.41) is 12.5. The Morgan fingerprint density at radius 1 is 1.36 bits per heavy atom. The molecule has 0 aliphatic carbocycles. The number of hydrogen-bond donors (Lipinski definition) is 2. The fourth-order valence-corrected chi connectivity index (χ4v) is 1.34. The molecule has 2 N–H and O–H groups in total. The number of aryl methyl sites for hydroxylation is 1. The van der Waals surface area contributed by atoms with Gasteiger partial charge in [-0.15, -0.1) is 0 Å². The molecule has 0 amide bonds. The average Bonchev–Trinajstić information content (AvgIpc) is 2.15. The number of anilines is 1. The SMILES string of the molecule is Cc1ccc(NCC(C)C)c(CO)c1. The first-order valence-electron chi connectivity index (χ1n) is 5.07. The highest BCUT2D eigenvalue weighted by molar-refractivity contribution is 5.52. The highest BCUT2D eigenvalue weighted by atomic mass is 16.3. The summed E-state index contributed by atoms with van der Waals surface area (Å²) in [5.74, 6) is 0.614. The van der Waals surface area contributed by atoms with E-state index in [0.717, 1.165) is 17.8 Å². The molecule has 0 spiro atoms. The van der Waals surface area contributed by atoms with Gasteiger partial charge in [-0.1, -0.05) is 31.5 Å². The summed E-state index contributed by atoms with van der Waals surface area (Å²) >= 11 is 0. The van der Waals surface area contributed by atoms with Crippen molar-refractivity contribution >= 4 is 5.69 Å². The monoisotopic (exact) mass is 193 g/mol. The predicted molar refractivity (Wildman–Crippen MR) is 60.4 cm³/mol. The van der Waals surface area contributed by atoms with Gasteiger partial charge < -0.3 is 10.4 Å². The molecule has 0 atom stereocenters. The summed E-state index contributed by atoms with van der Waals surface area (Å²) in [5.41, 5.74) is 3.21. The van der Waals surface area contributed by atoms with E-state index in [1.165, 1.54) is 5.56 Å². The number of nitrogens with one attached hydrogen (secondary N) is 1. The quantitative estimate of drug-likeness (QED) is 0.770. The van der Waals surface area contributed by atoms with Crippen LogP contribution in [0, 0.1) is 12.8 Å². The molecular weight excluding hydrogens is 174 g/mol. The molecule has 78 valence electrons. The van der Waals surface area contributed by atoms with Gasteiger partial charge >= 0.3 is 0 Å². The molecule has 1 rings (SSSR count). The number of aliphatic hydroxyl groups is 1. The zero-order valence-electron chi connectivity index (χ0n) is 9.17. The molecule has 1 aromatic carbocycles.